The molecule has 1 heterocycles. The zero-order valence-electron chi connectivity index (χ0n) is 10.8. The molecule has 0 spiro atoms. The van der Waals surface area contributed by atoms with Crippen molar-refractivity contribution < 1.29 is 9.84 Å². The molecule has 0 fully saturated rings. The highest BCUT2D eigenvalue weighted by Crippen LogP contribution is 2.34. The smallest absolute Gasteiger partial charge is 0.121 e. The van der Waals surface area contributed by atoms with Crippen LogP contribution in [0.4, 0.5) is 0 Å². The van der Waals surface area contributed by atoms with E-state index in [-0.39, 0.29) is 6.10 Å². The van der Waals surface area contributed by atoms with Crippen LogP contribution < -0.4 is 4.74 Å². The third kappa shape index (κ3) is 2.13. The minimum atomic E-state index is -0.352. The molecule has 1 aliphatic rings. The van der Waals surface area contributed by atoms with Crippen molar-refractivity contribution in [1.29, 1.82) is 0 Å². The molecule has 0 saturated heterocycles. The van der Waals surface area contributed by atoms with Crippen LogP contribution in [0.3, 0.4) is 0 Å². The number of aromatic nitrogens is 1. The fourth-order valence-electron chi connectivity index (χ4n) is 2.70. The zero-order chi connectivity index (χ0) is 13.4. The molecule has 0 saturated carbocycles. The van der Waals surface area contributed by atoms with Crippen LogP contribution in [0.15, 0.2) is 30.5 Å². The monoisotopic (exact) mass is 277 g/mol. The molecule has 1 aromatic carbocycles. The van der Waals surface area contributed by atoms with Gasteiger partial charge in [0.2, 0.25) is 0 Å². The highest BCUT2D eigenvalue weighted by atomic mass is 35.5. The normalized spacial score (nSPS) is 18.2. The van der Waals surface area contributed by atoms with Crippen LogP contribution in [0.5, 0.6) is 5.75 Å². The van der Waals surface area contributed by atoms with Crippen LogP contribution in [0.1, 0.15) is 30.2 Å². The highest BCUT2D eigenvalue weighted by molar-refractivity contribution is 6.32. The average molecular weight is 278 g/mol. The Bertz CT molecular complexity index is 606. The van der Waals surface area contributed by atoms with Crippen LogP contribution in [0.25, 0.3) is 5.69 Å². The summed E-state index contributed by atoms with van der Waals surface area (Å²) in [6.07, 6.45) is 4.42. The van der Waals surface area contributed by atoms with Crippen molar-refractivity contribution in [3.63, 3.8) is 0 Å². The Labute approximate surface area is 117 Å². The summed E-state index contributed by atoms with van der Waals surface area (Å²) in [6.45, 7) is 0. The van der Waals surface area contributed by atoms with Crippen LogP contribution in [-0.2, 0) is 6.42 Å². The van der Waals surface area contributed by atoms with Gasteiger partial charge in [0, 0.05) is 23.5 Å². The van der Waals surface area contributed by atoms with Gasteiger partial charge in [-0.05, 0) is 37.5 Å². The summed E-state index contributed by atoms with van der Waals surface area (Å²) < 4.78 is 7.31. The summed E-state index contributed by atoms with van der Waals surface area (Å²) in [7, 11) is 1.64. The van der Waals surface area contributed by atoms with Crippen molar-refractivity contribution in [1.82, 2.24) is 4.57 Å². The number of fused-ring (bicyclic) bond motifs is 1. The summed E-state index contributed by atoms with van der Waals surface area (Å²) in [5, 5.41) is 10.7. The number of hydrogen-bond acceptors (Lipinski definition) is 2. The van der Waals surface area contributed by atoms with Crippen LogP contribution >= 0.6 is 11.6 Å². The fourth-order valence-corrected chi connectivity index (χ4v) is 2.90. The predicted octanol–water partition coefficient (Wildman–Crippen LogP) is 3.51. The standard InChI is InChI=1S/C15H16ClNO2/c1-19-10-5-6-12(16)14(9-10)17-8-7-11-13(17)3-2-4-15(11)18/h5-9,15,18H,2-4H2,1H3. The van der Waals surface area contributed by atoms with Gasteiger partial charge >= 0.3 is 0 Å². The van der Waals surface area contributed by atoms with E-state index in [1.54, 1.807) is 7.11 Å². The van der Waals surface area contributed by atoms with Crippen molar-refractivity contribution in [3.05, 3.63) is 46.7 Å². The molecule has 2 aromatic rings. The van der Waals surface area contributed by atoms with Crippen LogP contribution in [-0.4, -0.2) is 16.8 Å². The first kappa shape index (κ1) is 12.6. The second kappa shape index (κ2) is 4.91. The largest absolute Gasteiger partial charge is 0.497 e. The van der Waals surface area contributed by atoms with Crippen molar-refractivity contribution in [2.45, 2.75) is 25.4 Å². The molecular formula is C15H16ClNO2. The van der Waals surface area contributed by atoms with Gasteiger partial charge in [0.15, 0.2) is 0 Å². The van der Waals surface area contributed by atoms with Crippen LogP contribution in [0.2, 0.25) is 5.02 Å². The lowest BCUT2D eigenvalue weighted by Crippen LogP contribution is -2.11. The van der Waals surface area contributed by atoms with E-state index in [1.807, 2.05) is 30.5 Å². The first-order valence-electron chi connectivity index (χ1n) is 6.43. The van der Waals surface area contributed by atoms with Gasteiger partial charge in [-0.2, -0.15) is 0 Å². The van der Waals surface area contributed by atoms with Gasteiger partial charge in [-0.3, -0.25) is 0 Å². The highest BCUT2D eigenvalue weighted by Gasteiger charge is 2.22. The molecule has 1 atom stereocenters. The van der Waals surface area contributed by atoms with Gasteiger partial charge in [0.1, 0.15) is 5.75 Å². The summed E-state index contributed by atoms with van der Waals surface area (Å²) in [6, 6.07) is 7.58. The van der Waals surface area contributed by atoms with E-state index in [0.717, 1.165) is 42.0 Å². The number of halogens is 1. The minimum absolute atomic E-state index is 0.352. The van der Waals surface area contributed by atoms with Crippen molar-refractivity contribution in [2.24, 2.45) is 0 Å². The van der Waals surface area contributed by atoms with Crippen LogP contribution in [0, 0.1) is 0 Å². The SMILES string of the molecule is COc1ccc(Cl)c(-n2ccc3c2CCCC3O)c1. The molecule has 100 valence electrons. The molecule has 1 unspecified atom stereocenters. The summed E-state index contributed by atoms with van der Waals surface area (Å²) in [5.41, 5.74) is 3.07. The molecule has 19 heavy (non-hydrogen) atoms. The number of hydrogen-bond donors (Lipinski definition) is 1. The first-order chi connectivity index (χ1) is 9.20. The molecule has 0 bridgehead atoms. The Balaban J connectivity index is 2.12. The summed E-state index contributed by atoms with van der Waals surface area (Å²) in [5.74, 6) is 0.776. The molecule has 0 aliphatic heterocycles. The molecule has 0 amide bonds. The number of methoxy groups -OCH3 is 1. The van der Waals surface area contributed by atoms with E-state index in [1.165, 1.54) is 0 Å². The molecule has 1 aromatic heterocycles. The van der Waals surface area contributed by atoms with Gasteiger partial charge < -0.3 is 14.4 Å². The Hall–Kier alpha value is -1.45. The Kier molecular flexibility index (Phi) is 3.25. The Morgan fingerprint density at radius 2 is 2.21 bits per heavy atom. The van der Waals surface area contributed by atoms with Gasteiger partial charge in [0.25, 0.3) is 0 Å². The van der Waals surface area contributed by atoms with E-state index in [4.69, 9.17) is 16.3 Å². The molecule has 1 N–H and O–H groups in total. The lowest BCUT2D eigenvalue weighted by atomic mass is 9.95. The molecule has 4 heteroatoms. The van der Waals surface area contributed by atoms with Crippen molar-refractivity contribution >= 4 is 11.6 Å². The van der Waals surface area contributed by atoms with Crippen molar-refractivity contribution in [3.8, 4) is 11.4 Å². The number of nitrogens with zero attached hydrogens (tertiary/aromatic N) is 1. The Morgan fingerprint density at radius 3 is 3.00 bits per heavy atom. The maximum Gasteiger partial charge on any atom is 0.121 e. The topological polar surface area (TPSA) is 34.4 Å². The maximum atomic E-state index is 10.0. The quantitative estimate of drug-likeness (QED) is 0.911. The zero-order valence-corrected chi connectivity index (χ0v) is 11.5. The predicted molar refractivity (Wildman–Crippen MR) is 75.2 cm³/mol. The number of aliphatic hydroxyl groups excluding tert-OH is 1. The fraction of sp³-hybridized carbons (Fsp3) is 0.333. The average Bonchev–Trinajstić information content (AvgIpc) is 2.85. The number of rotatable bonds is 2. The number of benzene rings is 1. The molecule has 3 nitrogen and oxygen atoms in total. The lowest BCUT2D eigenvalue weighted by molar-refractivity contribution is 0.156. The van der Waals surface area contributed by atoms with Gasteiger partial charge in [-0.25, -0.2) is 0 Å². The Morgan fingerprint density at radius 1 is 1.37 bits per heavy atom. The molecular weight excluding hydrogens is 262 g/mol. The number of aliphatic hydroxyl groups is 1. The maximum absolute atomic E-state index is 10.0. The summed E-state index contributed by atoms with van der Waals surface area (Å²) >= 11 is 6.28. The molecule has 3 rings (SSSR count). The molecule has 0 radical (unpaired) electrons. The third-order valence-electron chi connectivity index (χ3n) is 3.69. The third-order valence-corrected chi connectivity index (χ3v) is 4.01. The van der Waals surface area contributed by atoms with Crippen molar-refractivity contribution in [2.75, 3.05) is 7.11 Å². The van der Waals surface area contributed by atoms with Gasteiger partial charge in [-0.15, -0.1) is 0 Å². The van der Waals surface area contributed by atoms with Gasteiger partial charge in [-0.1, -0.05) is 11.6 Å². The van der Waals surface area contributed by atoms with E-state index < -0.39 is 0 Å². The lowest BCUT2D eigenvalue weighted by Gasteiger charge is -2.20. The number of ether oxygens (including phenoxy) is 1. The van der Waals surface area contributed by atoms with Gasteiger partial charge in [0.05, 0.1) is 23.9 Å². The second-order valence-electron chi connectivity index (χ2n) is 4.81. The first-order valence-corrected chi connectivity index (χ1v) is 6.80. The molecule has 1 aliphatic carbocycles. The summed E-state index contributed by atoms with van der Waals surface area (Å²) in [4.78, 5) is 0. The minimum Gasteiger partial charge on any atom is -0.497 e. The van der Waals surface area contributed by atoms with E-state index in [9.17, 15) is 5.11 Å². The van der Waals surface area contributed by atoms with E-state index in [0.29, 0.717) is 5.02 Å². The van der Waals surface area contributed by atoms with E-state index >= 15 is 0 Å². The van der Waals surface area contributed by atoms with E-state index in [2.05, 4.69) is 4.57 Å². The second-order valence-corrected chi connectivity index (χ2v) is 5.22.